The van der Waals surface area contributed by atoms with E-state index in [4.69, 9.17) is 11.7 Å². The molecular weight excluding hydrogens is 363 g/mol. The van der Waals surface area contributed by atoms with E-state index in [1.54, 1.807) is 27.0 Å². The normalized spacial score (nSPS) is 9.93. The van der Waals surface area contributed by atoms with Gasteiger partial charge in [0.05, 0.1) is 17.7 Å². The van der Waals surface area contributed by atoms with E-state index in [0.717, 1.165) is 6.07 Å². The lowest BCUT2D eigenvalue weighted by atomic mass is 10.0. The highest BCUT2D eigenvalue weighted by molar-refractivity contribution is 6.43. The molecule has 0 unspecified atom stereocenters. The zero-order valence-electron chi connectivity index (χ0n) is 15.5. The van der Waals surface area contributed by atoms with Gasteiger partial charge < -0.3 is 15.2 Å². The van der Waals surface area contributed by atoms with Gasteiger partial charge in [-0.25, -0.2) is 4.39 Å². The molecule has 0 radical (unpaired) electrons. The first-order chi connectivity index (χ1) is 13.2. The highest BCUT2D eigenvalue weighted by atomic mass is 19.1. The molecule has 7 nitrogen and oxygen atoms in total. The maximum atomic E-state index is 13.4. The van der Waals surface area contributed by atoms with Crippen molar-refractivity contribution in [1.82, 2.24) is 9.88 Å². The maximum absolute atomic E-state index is 13.4. The molecule has 0 saturated heterocycles. The van der Waals surface area contributed by atoms with E-state index >= 15 is 0 Å². The molecule has 1 aromatic carbocycles. The summed E-state index contributed by atoms with van der Waals surface area (Å²) in [6.45, 7) is 3.07. The molecule has 28 heavy (non-hydrogen) atoms. The summed E-state index contributed by atoms with van der Waals surface area (Å²) in [5.41, 5.74) is 1.04. The number of ketones is 1. The fraction of sp³-hybridized carbons (Fsp3) is 0.200. The Kier molecular flexibility index (Phi) is 5.97. The predicted molar refractivity (Wildman–Crippen MR) is 100 cm³/mol. The number of halogens is 1. The van der Waals surface area contributed by atoms with E-state index in [1.807, 2.05) is 0 Å². The number of rotatable bonds is 5. The topological polar surface area (TPSA) is 104 Å². The Hall–Kier alpha value is -3.91. The average Bonchev–Trinajstić information content (AvgIpc) is 2.89. The van der Waals surface area contributed by atoms with Crippen molar-refractivity contribution in [3.8, 4) is 18.4 Å². The van der Waals surface area contributed by atoms with Crippen molar-refractivity contribution in [3.05, 3.63) is 52.1 Å². The number of Topliss-reactive ketones (excluding diaryl/α,β-unsaturated/α-hetero) is 1. The third kappa shape index (κ3) is 3.76. The first-order valence-corrected chi connectivity index (χ1v) is 8.15. The Balaban J connectivity index is 2.38. The molecule has 8 heteroatoms. The van der Waals surface area contributed by atoms with Gasteiger partial charge in [0, 0.05) is 18.4 Å². The fourth-order valence-corrected chi connectivity index (χ4v) is 2.84. The first-order valence-electron chi connectivity index (χ1n) is 8.15. The van der Waals surface area contributed by atoms with Crippen LogP contribution in [0.2, 0.25) is 0 Å². The van der Waals surface area contributed by atoms with E-state index in [1.165, 1.54) is 16.7 Å². The zero-order chi connectivity index (χ0) is 21.0. The van der Waals surface area contributed by atoms with Crippen LogP contribution in [0.3, 0.4) is 0 Å². The summed E-state index contributed by atoms with van der Waals surface area (Å²) in [6.07, 6.45) is 5.07. The van der Waals surface area contributed by atoms with Gasteiger partial charge in [-0.1, -0.05) is 5.92 Å². The molecule has 142 valence electrons. The third-order valence-corrected chi connectivity index (χ3v) is 4.27. The molecule has 0 aliphatic heterocycles. The van der Waals surface area contributed by atoms with E-state index in [2.05, 4.69) is 16.6 Å². The summed E-state index contributed by atoms with van der Waals surface area (Å²) in [7, 11) is 1.58. The smallest absolute Gasteiger partial charge is 0.293 e. The Labute approximate surface area is 161 Å². The van der Waals surface area contributed by atoms with Gasteiger partial charge >= 0.3 is 0 Å². The Morgan fingerprint density at radius 2 is 1.96 bits per heavy atom. The van der Waals surface area contributed by atoms with Crippen LogP contribution in [0.4, 0.5) is 10.1 Å². The quantitative estimate of drug-likeness (QED) is 0.469. The average molecular weight is 380 g/mol. The molecule has 1 heterocycles. The molecule has 0 aliphatic rings. The number of terminal acetylenes is 1. The van der Waals surface area contributed by atoms with Crippen LogP contribution in [0.25, 0.3) is 0 Å². The maximum Gasteiger partial charge on any atom is 0.293 e. The number of benzene rings is 1. The Bertz CT molecular complexity index is 1070. The number of amides is 2. The molecular formula is C20H17FN4O3. The van der Waals surface area contributed by atoms with Gasteiger partial charge in [-0.05, 0) is 37.6 Å². The number of anilines is 1. The number of carbonyl (C=O) groups is 3. The van der Waals surface area contributed by atoms with Crippen LogP contribution in [0.1, 0.15) is 37.7 Å². The minimum Gasteiger partial charge on any atom is -0.343 e. The minimum absolute atomic E-state index is 0.0887. The van der Waals surface area contributed by atoms with Gasteiger partial charge in [0.2, 0.25) is 0 Å². The molecule has 0 fully saturated rings. The standard InChI is InChI=1S/C20H17FN4O3/c1-5-8-23-20(28)18(26)16-11(2)17(25(4)12(16)3)19(27)24-14-6-7-15(21)13(9-14)10-22/h1,6-7,9H,8H2,2-4H3,(H,23,28)(H,24,27). The number of nitrogens with one attached hydrogen (secondary N) is 2. The van der Waals surface area contributed by atoms with Gasteiger partial charge in [-0.3, -0.25) is 14.4 Å². The van der Waals surface area contributed by atoms with Crippen LogP contribution < -0.4 is 10.6 Å². The number of hydrogen-bond donors (Lipinski definition) is 2. The lowest BCUT2D eigenvalue weighted by Gasteiger charge is -2.08. The molecule has 0 atom stereocenters. The van der Waals surface area contributed by atoms with E-state index in [0.29, 0.717) is 11.3 Å². The van der Waals surface area contributed by atoms with E-state index in [-0.39, 0.29) is 29.1 Å². The predicted octanol–water partition coefficient (Wildman–Crippen LogP) is 1.84. The van der Waals surface area contributed by atoms with Gasteiger partial charge in [0.25, 0.3) is 17.6 Å². The van der Waals surface area contributed by atoms with Gasteiger partial charge in [-0.2, -0.15) is 5.26 Å². The van der Waals surface area contributed by atoms with Crippen molar-refractivity contribution >= 4 is 23.3 Å². The summed E-state index contributed by atoms with van der Waals surface area (Å²) in [6, 6.07) is 5.29. The molecule has 2 N–H and O–H groups in total. The highest BCUT2D eigenvalue weighted by Gasteiger charge is 2.28. The molecule has 2 amide bonds. The second-order valence-corrected chi connectivity index (χ2v) is 5.97. The van der Waals surface area contributed by atoms with Crippen molar-refractivity contribution in [2.24, 2.45) is 7.05 Å². The van der Waals surface area contributed by atoms with Gasteiger partial charge in [0.1, 0.15) is 17.6 Å². The molecule has 0 spiro atoms. The van der Waals surface area contributed by atoms with Crippen molar-refractivity contribution < 1.29 is 18.8 Å². The summed E-state index contributed by atoms with van der Waals surface area (Å²) < 4.78 is 14.9. The number of nitrogens with zero attached hydrogens (tertiary/aromatic N) is 2. The van der Waals surface area contributed by atoms with Crippen LogP contribution in [-0.4, -0.2) is 28.7 Å². The Morgan fingerprint density at radius 3 is 2.57 bits per heavy atom. The number of hydrogen-bond acceptors (Lipinski definition) is 4. The van der Waals surface area contributed by atoms with Crippen LogP contribution in [0, 0.1) is 43.3 Å². The second kappa shape index (κ2) is 8.19. The Morgan fingerprint density at radius 1 is 1.29 bits per heavy atom. The summed E-state index contributed by atoms with van der Waals surface area (Å²) >= 11 is 0. The second-order valence-electron chi connectivity index (χ2n) is 5.97. The largest absolute Gasteiger partial charge is 0.343 e. The first kappa shape index (κ1) is 20.4. The molecule has 2 rings (SSSR count). The van der Waals surface area contributed by atoms with Crippen LogP contribution >= 0.6 is 0 Å². The van der Waals surface area contributed by atoms with E-state index in [9.17, 15) is 18.8 Å². The van der Waals surface area contributed by atoms with Crippen LogP contribution in [0.5, 0.6) is 0 Å². The van der Waals surface area contributed by atoms with Crippen molar-refractivity contribution in [2.75, 3.05) is 11.9 Å². The monoisotopic (exact) mass is 380 g/mol. The number of aromatic nitrogens is 1. The number of carbonyl (C=O) groups excluding carboxylic acids is 3. The van der Waals surface area contributed by atoms with E-state index < -0.39 is 23.4 Å². The molecule has 1 aromatic heterocycles. The van der Waals surface area contributed by atoms with Gasteiger partial charge in [-0.15, -0.1) is 6.42 Å². The van der Waals surface area contributed by atoms with Crippen molar-refractivity contribution in [2.45, 2.75) is 13.8 Å². The van der Waals surface area contributed by atoms with Crippen LogP contribution in [0.15, 0.2) is 18.2 Å². The lowest BCUT2D eigenvalue weighted by molar-refractivity contribution is -0.116. The SMILES string of the molecule is C#CCNC(=O)C(=O)c1c(C)c(C(=O)Nc2ccc(F)c(C#N)c2)n(C)c1C. The van der Waals surface area contributed by atoms with Crippen molar-refractivity contribution in [3.63, 3.8) is 0 Å². The summed E-state index contributed by atoms with van der Waals surface area (Å²) in [5, 5.41) is 13.8. The molecule has 0 bridgehead atoms. The highest BCUT2D eigenvalue weighted by Crippen LogP contribution is 2.23. The molecule has 0 saturated carbocycles. The molecule has 0 aliphatic carbocycles. The van der Waals surface area contributed by atoms with Gasteiger partial charge in [0.15, 0.2) is 0 Å². The summed E-state index contributed by atoms with van der Waals surface area (Å²) in [5.74, 6) is -0.718. The summed E-state index contributed by atoms with van der Waals surface area (Å²) in [4.78, 5) is 37.1. The number of nitriles is 1. The zero-order valence-corrected chi connectivity index (χ0v) is 15.5. The molecule has 2 aromatic rings. The minimum atomic E-state index is -0.862. The van der Waals surface area contributed by atoms with Crippen molar-refractivity contribution in [1.29, 1.82) is 5.26 Å². The van der Waals surface area contributed by atoms with Crippen LogP contribution in [-0.2, 0) is 11.8 Å². The lowest BCUT2D eigenvalue weighted by Crippen LogP contribution is -2.31. The third-order valence-electron chi connectivity index (χ3n) is 4.27. The fourth-order valence-electron chi connectivity index (χ4n) is 2.84.